The van der Waals surface area contributed by atoms with Crippen molar-refractivity contribution in [1.82, 2.24) is 14.2 Å². The fourth-order valence-electron chi connectivity index (χ4n) is 3.18. The summed E-state index contributed by atoms with van der Waals surface area (Å²) in [7, 11) is 0. The standard InChI is InChI=1S/C20H23Cl2N3O4S2/c1-12-18(8-19(27)28)30-20(23-12)31-25(13(2)26)11-15-10-24(5-6-29-15)9-14-3-4-16(21)17(22)7-14/h3-4,7,15H,5-6,8-11H2,1-2H3,(H,27,28)/t15-/m0/s1. The maximum atomic E-state index is 12.2. The van der Waals surface area contributed by atoms with Gasteiger partial charge in [0.2, 0.25) is 5.91 Å². The number of rotatable bonds is 8. The zero-order chi connectivity index (χ0) is 22.5. The van der Waals surface area contributed by atoms with E-state index >= 15 is 0 Å². The van der Waals surface area contributed by atoms with Crippen LogP contribution in [0.4, 0.5) is 0 Å². The number of carboxylic acids is 1. The van der Waals surface area contributed by atoms with Gasteiger partial charge in [-0.05, 0) is 24.6 Å². The number of halogens is 2. The molecule has 0 spiro atoms. The van der Waals surface area contributed by atoms with Crippen molar-refractivity contribution in [3.05, 3.63) is 44.4 Å². The van der Waals surface area contributed by atoms with Crippen LogP contribution >= 0.6 is 46.5 Å². The Morgan fingerprint density at radius 3 is 2.84 bits per heavy atom. The average molecular weight is 504 g/mol. The number of carbonyl (C=O) groups excluding carboxylic acids is 1. The fraction of sp³-hybridized carbons (Fsp3) is 0.450. The lowest BCUT2D eigenvalue weighted by atomic mass is 10.2. The monoisotopic (exact) mass is 503 g/mol. The number of carbonyl (C=O) groups is 2. The SMILES string of the molecule is CC(=O)N(C[C@@H]1CN(Cc2ccc(Cl)c(Cl)c2)CCO1)Sc1nc(C)c(CC(=O)O)s1. The van der Waals surface area contributed by atoms with Crippen molar-refractivity contribution >= 4 is 58.4 Å². The number of aliphatic carboxylic acids is 1. The molecule has 7 nitrogen and oxygen atoms in total. The van der Waals surface area contributed by atoms with E-state index in [4.69, 9.17) is 33.0 Å². The number of morpholine rings is 1. The second-order valence-electron chi connectivity index (χ2n) is 7.21. The lowest BCUT2D eigenvalue weighted by Crippen LogP contribution is -2.46. The first-order chi connectivity index (χ1) is 14.7. The molecule has 2 heterocycles. The van der Waals surface area contributed by atoms with E-state index in [2.05, 4.69) is 9.88 Å². The van der Waals surface area contributed by atoms with Gasteiger partial charge in [0.1, 0.15) is 0 Å². The Hall–Kier alpha value is -1.36. The first kappa shape index (κ1) is 24.3. The molecule has 1 fully saturated rings. The molecule has 11 heteroatoms. The molecule has 1 amide bonds. The van der Waals surface area contributed by atoms with Crippen molar-refractivity contribution in [2.75, 3.05) is 26.2 Å². The van der Waals surface area contributed by atoms with Crippen LogP contribution in [0.15, 0.2) is 22.5 Å². The fourth-order valence-corrected chi connectivity index (χ4v) is 5.74. The summed E-state index contributed by atoms with van der Waals surface area (Å²) in [6, 6.07) is 5.61. The van der Waals surface area contributed by atoms with Crippen LogP contribution in [-0.4, -0.2) is 63.5 Å². The molecule has 1 aliphatic rings. The minimum absolute atomic E-state index is 0.0699. The number of nitrogens with zero attached hydrogens (tertiary/aromatic N) is 3. The number of carboxylic acid groups (broad SMARTS) is 1. The lowest BCUT2D eigenvalue weighted by molar-refractivity contribution is -0.136. The lowest BCUT2D eigenvalue weighted by Gasteiger charge is -2.35. The van der Waals surface area contributed by atoms with Crippen molar-refractivity contribution in [2.45, 2.75) is 37.3 Å². The molecule has 3 rings (SSSR count). The molecule has 0 saturated carbocycles. The molecule has 2 aromatic rings. The van der Waals surface area contributed by atoms with Gasteiger partial charge in [-0.25, -0.2) is 4.98 Å². The molecule has 0 bridgehead atoms. The molecule has 1 atom stereocenters. The van der Waals surface area contributed by atoms with Crippen LogP contribution in [0, 0.1) is 6.92 Å². The highest BCUT2D eigenvalue weighted by atomic mass is 35.5. The van der Waals surface area contributed by atoms with Crippen molar-refractivity contribution in [3.8, 4) is 0 Å². The van der Waals surface area contributed by atoms with Crippen molar-refractivity contribution in [1.29, 1.82) is 0 Å². The zero-order valence-corrected chi connectivity index (χ0v) is 20.3. The third kappa shape index (κ3) is 7.06. The van der Waals surface area contributed by atoms with E-state index in [1.807, 2.05) is 12.1 Å². The van der Waals surface area contributed by atoms with Gasteiger partial charge >= 0.3 is 5.97 Å². The predicted molar refractivity (Wildman–Crippen MR) is 123 cm³/mol. The van der Waals surface area contributed by atoms with Gasteiger partial charge in [0, 0.05) is 43.4 Å². The number of ether oxygens (including phenoxy) is 1. The van der Waals surface area contributed by atoms with Gasteiger partial charge in [-0.15, -0.1) is 11.3 Å². The Bertz CT molecular complexity index is 957. The average Bonchev–Trinajstić information content (AvgIpc) is 3.03. The number of amides is 1. The highest BCUT2D eigenvalue weighted by Crippen LogP contribution is 2.31. The van der Waals surface area contributed by atoms with Crippen LogP contribution in [0.1, 0.15) is 23.1 Å². The maximum Gasteiger partial charge on any atom is 0.308 e. The maximum absolute atomic E-state index is 12.2. The summed E-state index contributed by atoms with van der Waals surface area (Å²) in [4.78, 5) is 30.6. The van der Waals surface area contributed by atoms with E-state index in [-0.39, 0.29) is 18.4 Å². The number of hydrogen-bond acceptors (Lipinski definition) is 7. The molecular formula is C20H23Cl2N3O4S2. The van der Waals surface area contributed by atoms with Gasteiger partial charge in [0.15, 0.2) is 4.34 Å². The molecule has 1 aromatic heterocycles. The third-order valence-electron chi connectivity index (χ3n) is 4.71. The number of aromatic nitrogens is 1. The predicted octanol–water partition coefficient (Wildman–Crippen LogP) is 4.14. The van der Waals surface area contributed by atoms with E-state index < -0.39 is 5.97 Å². The first-order valence-corrected chi connectivity index (χ1v) is 12.0. The Kier molecular flexibility index (Phi) is 8.60. The normalized spacial score (nSPS) is 17.0. The van der Waals surface area contributed by atoms with Crippen LogP contribution in [-0.2, 0) is 27.3 Å². The molecule has 0 aliphatic carbocycles. The van der Waals surface area contributed by atoms with Gasteiger partial charge in [-0.2, -0.15) is 0 Å². The van der Waals surface area contributed by atoms with Crippen LogP contribution in [0.5, 0.6) is 0 Å². The topological polar surface area (TPSA) is 83.0 Å². The van der Waals surface area contributed by atoms with Crippen LogP contribution < -0.4 is 0 Å². The highest BCUT2D eigenvalue weighted by Gasteiger charge is 2.26. The Morgan fingerprint density at radius 1 is 1.39 bits per heavy atom. The summed E-state index contributed by atoms with van der Waals surface area (Å²) in [5.41, 5.74) is 1.75. The van der Waals surface area contributed by atoms with E-state index in [0.29, 0.717) is 51.2 Å². The summed E-state index contributed by atoms with van der Waals surface area (Å²) >= 11 is 14.7. The van der Waals surface area contributed by atoms with Crippen LogP contribution in [0.3, 0.4) is 0 Å². The summed E-state index contributed by atoms with van der Waals surface area (Å²) in [6.45, 7) is 6.43. The molecule has 168 valence electrons. The van der Waals surface area contributed by atoms with E-state index in [1.165, 1.54) is 30.2 Å². The highest BCUT2D eigenvalue weighted by molar-refractivity contribution is 7.99. The van der Waals surface area contributed by atoms with E-state index in [1.54, 1.807) is 17.3 Å². The molecule has 1 aliphatic heterocycles. The van der Waals surface area contributed by atoms with Crippen molar-refractivity contribution in [3.63, 3.8) is 0 Å². The number of thiazole rings is 1. The minimum Gasteiger partial charge on any atom is -0.481 e. The Labute approximate surface area is 199 Å². The largest absolute Gasteiger partial charge is 0.481 e. The molecule has 1 saturated heterocycles. The van der Waals surface area contributed by atoms with Gasteiger partial charge in [-0.1, -0.05) is 29.3 Å². The van der Waals surface area contributed by atoms with Crippen molar-refractivity contribution < 1.29 is 19.4 Å². The molecular weight excluding hydrogens is 481 g/mol. The summed E-state index contributed by atoms with van der Waals surface area (Å²) in [6.07, 6.45) is -0.216. The van der Waals surface area contributed by atoms with Crippen LogP contribution in [0.2, 0.25) is 10.0 Å². The summed E-state index contributed by atoms with van der Waals surface area (Å²) < 4.78 is 8.16. The van der Waals surface area contributed by atoms with Crippen LogP contribution in [0.25, 0.3) is 0 Å². The quantitative estimate of drug-likeness (QED) is 0.541. The number of benzene rings is 1. The molecule has 0 unspecified atom stereocenters. The molecule has 1 N–H and O–H groups in total. The van der Waals surface area contributed by atoms with Crippen molar-refractivity contribution in [2.24, 2.45) is 0 Å². The first-order valence-electron chi connectivity index (χ1n) is 9.63. The van der Waals surface area contributed by atoms with Gasteiger partial charge in [0.05, 0.1) is 41.4 Å². The third-order valence-corrected chi connectivity index (χ3v) is 7.75. The molecule has 31 heavy (non-hydrogen) atoms. The zero-order valence-electron chi connectivity index (χ0n) is 17.1. The Balaban J connectivity index is 1.61. The number of aryl methyl sites for hydroxylation is 1. The Morgan fingerprint density at radius 2 is 2.16 bits per heavy atom. The summed E-state index contributed by atoms with van der Waals surface area (Å²) in [5.74, 6) is -1.01. The second-order valence-corrected chi connectivity index (χ2v) is 10.4. The van der Waals surface area contributed by atoms with E-state index in [9.17, 15) is 9.59 Å². The number of hydrogen-bond donors (Lipinski definition) is 1. The van der Waals surface area contributed by atoms with E-state index in [0.717, 1.165) is 12.1 Å². The minimum atomic E-state index is -0.899. The van der Waals surface area contributed by atoms with Gasteiger partial charge in [0.25, 0.3) is 0 Å². The smallest absolute Gasteiger partial charge is 0.308 e. The van der Waals surface area contributed by atoms with Gasteiger partial charge < -0.3 is 9.84 Å². The van der Waals surface area contributed by atoms with Gasteiger partial charge in [-0.3, -0.25) is 18.8 Å². The summed E-state index contributed by atoms with van der Waals surface area (Å²) in [5, 5.41) is 10.1. The molecule has 0 radical (unpaired) electrons. The second kappa shape index (κ2) is 11.0. The molecule has 1 aromatic carbocycles.